The van der Waals surface area contributed by atoms with Crippen LogP contribution in [0.3, 0.4) is 0 Å². The minimum Gasteiger partial charge on any atom is -0.480 e. The largest absolute Gasteiger partial charge is 0.480 e. The van der Waals surface area contributed by atoms with Crippen molar-refractivity contribution in [2.75, 3.05) is 19.7 Å². The molecular formula is C13H17NO6. The van der Waals surface area contributed by atoms with Crippen LogP contribution >= 0.6 is 0 Å². The molecule has 1 rings (SSSR count). The van der Waals surface area contributed by atoms with E-state index >= 15 is 0 Å². The first-order valence-corrected chi connectivity index (χ1v) is 5.97. The number of benzene rings is 1. The third kappa shape index (κ3) is 4.61. The zero-order valence-electron chi connectivity index (χ0n) is 10.7. The van der Waals surface area contributed by atoms with E-state index in [0.717, 1.165) is 4.90 Å². The van der Waals surface area contributed by atoms with Gasteiger partial charge in [0.15, 0.2) is 0 Å². The fourth-order valence-corrected chi connectivity index (χ4v) is 1.93. The number of rotatable bonds is 8. The van der Waals surface area contributed by atoms with Crippen molar-refractivity contribution in [3.63, 3.8) is 0 Å². The Morgan fingerprint density at radius 3 is 1.95 bits per heavy atom. The maximum absolute atomic E-state index is 10.8. The fourth-order valence-electron chi connectivity index (χ4n) is 1.93. The number of carboxylic acid groups (broad SMARTS) is 2. The number of carbonyl (C=O) groups is 2. The van der Waals surface area contributed by atoms with E-state index in [1.54, 1.807) is 30.3 Å². The number of hydrogen-bond donors (Lipinski definition) is 4. The van der Waals surface area contributed by atoms with Crippen LogP contribution < -0.4 is 0 Å². The van der Waals surface area contributed by atoms with Gasteiger partial charge in [-0.1, -0.05) is 30.3 Å². The van der Waals surface area contributed by atoms with Crippen LogP contribution in [-0.4, -0.2) is 63.0 Å². The standard InChI is InChI=1S/C13H17NO6/c15-8-10(13(20)9-4-2-1-3-5-9)14(6-11(16)17)7-12(18)19/h1-5,10,13,15,20H,6-8H2,(H,16,17)(H,18,19). The van der Waals surface area contributed by atoms with Gasteiger partial charge in [0.05, 0.1) is 31.8 Å². The van der Waals surface area contributed by atoms with Crippen molar-refractivity contribution in [2.24, 2.45) is 0 Å². The van der Waals surface area contributed by atoms with Crippen molar-refractivity contribution in [1.29, 1.82) is 0 Å². The number of aliphatic hydroxyl groups excluding tert-OH is 2. The molecule has 4 N–H and O–H groups in total. The smallest absolute Gasteiger partial charge is 0.317 e. The molecule has 0 aromatic heterocycles. The number of carboxylic acids is 2. The first-order valence-electron chi connectivity index (χ1n) is 5.97. The lowest BCUT2D eigenvalue weighted by atomic mass is 10.0. The number of hydrogen-bond acceptors (Lipinski definition) is 5. The molecule has 20 heavy (non-hydrogen) atoms. The highest BCUT2D eigenvalue weighted by molar-refractivity contribution is 5.72. The Bertz CT molecular complexity index is 433. The molecule has 0 bridgehead atoms. The molecule has 0 aliphatic rings. The molecule has 0 heterocycles. The van der Waals surface area contributed by atoms with Crippen LogP contribution in [0.2, 0.25) is 0 Å². The summed E-state index contributed by atoms with van der Waals surface area (Å²) in [4.78, 5) is 22.6. The first kappa shape index (κ1) is 16.1. The van der Waals surface area contributed by atoms with E-state index in [0.29, 0.717) is 5.56 Å². The summed E-state index contributed by atoms with van der Waals surface area (Å²) in [6, 6.07) is 7.35. The van der Waals surface area contributed by atoms with Gasteiger partial charge in [-0.15, -0.1) is 0 Å². The molecule has 1 aromatic carbocycles. The van der Waals surface area contributed by atoms with Crippen LogP contribution in [0.1, 0.15) is 11.7 Å². The third-order valence-electron chi connectivity index (χ3n) is 2.84. The highest BCUT2D eigenvalue weighted by Crippen LogP contribution is 2.20. The van der Waals surface area contributed by atoms with Crippen LogP contribution in [0.4, 0.5) is 0 Å². The minimum atomic E-state index is -1.23. The zero-order valence-corrected chi connectivity index (χ0v) is 10.7. The molecular weight excluding hydrogens is 266 g/mol. The van der Waals surface area contributed by atoms with Gasteiger partial charge in [-0.05, 0) is 5.56 Å². The van der Waals surface area contributed by atoms with Gasteiger partial charge in [-0.25, -0.2) is 0 Å². The van der Waals surface area contributed by atoms with Gasteiger partial charge >= 0.3 is 11.9 Å². The van der Waals surface area contributed by atoms with Crippen LogP contribution in [0.5, 0.6) is 0 Å². The summed E-state index contributed by atoms with van der Waals surface area (Å²) in [5.74, 6) is -2.46. The molecule has 0 aliphatic heterocycles. The monoisotopic (exact) mass is 283 g/mol. The Morgan fingerprint density at radius 2 is 1.55 bits per heavy atom. The average molecular weight is 283 g/mol. The number of aliphatic carboxylic acids is 2. The van der Waals surface area contributed by atoms with E-state index in [2.05, 4.69) is 0 Å². The van der Waals surface area contributed by atoms with Crippen molar-refractivity contribution in [3.8, 4) is 0 Å². The Balaban J connectivity index is 2.93. The fraction of sp³-hybridized carbons (Fsp3) is 0.385. The minimum absolute atomic E-state index is 0.479. The predicted molar refractivity (Wildman–Crippen MR) is 69.1 cm³/mol. The van der Waals surface area contributed by atoms with Gasteiger partial charge in [0.1, 0.15) is 0 Å². The van der Waals surface area contributed by atoms with Crippen LogP contribution in [0.25, 0.3) is 0 Å². The second kappa shape index (κ2) is 7.59. The third-order valence-corrected chi connectivity index (χ3v) is 2.84. The second-order valence-corrected chi connectivity index (χ2v) is 4.30. The maximum Gasteiger partial charge on any atom is 0.317 e. The molecule has 1 aromatic rings. The lowest BCUT2D eigenvalue weighted by Gasteiger charge is -2.31. The van der Waals surface area contributed by atoms with Crippen molar-refractivity contribution in [2.45, 2.75) is 12.1 Å². The van der Waals surface area contributed by atoms with E-state index in [1.165, 1.54) is 0 Å². The van der Waals surface area contributed by atoms with Crippen molar-refractivity contribution < 1.29 is 30.0 Å². The summed E-state index contributed by atoms with van der Waals surface area (Å²) in [5.41, 5.74) is 0.479. The van der Waals surface area contributed by atoms with Gasteiger partial charge in [-0.3, -0.25) is 14.5 Å². The molecule has 0 saturated carbocycles. The van der Waals surface area contributed by atoms with E-state index < -0.39 is 43.8 Å². The molecule has 7 heteroatoms. The van der Waals surface area contributed by atoms with E-state index in [-0.39, 0.29) is 0 Å². The van der Waals surface area contributed by atoms with E-state index in [4.69, 9.17) is 10.2 Å². The molecule has 0 aliphatic carbocycles. The normalized spacial score (nSPS) is 13.9. The lowest BCUT2D eigenvalue weighted by Crippen LogP contribution is -2.47. The van der Waals surface area contributed by atoms with Gasteiger partial charge in [0.2, 0.25) is 0 Å². The second-order valence-electron chi connectivity index (χ2n) is 4.30. The zero-order chi connectivity index (χ0) is 15.1. The Morgan fingerprint density at radius 1 is 1.05 bits per heavy atom. The molecule has 110 valence electrons. The van der Waals surface area contributed by atoms with Crippen LogP contribution in [0, 0.1) is 0 Å². The van der Waals surface area contributed by atoms with Gasteiger partial charge in [0.25, 0.3) is 0 Å². The summed E-state index contributed by atoms with van der Waals surface area (Å²) in [5, 5.41) is 37.1. The van der Waals surface area contributed by atoms with Crippen LogP contribution in [-0.2, 0) is 9.59 Å². The highest BCUT2D eigenvalue weighted by atomic mass is 16.4. The summed E-state index contributed by atoms with van der Waals surface area (Å²) in [7, 11) is 0. The van der Waals surface area contributed by atoms with Crippen LogP contribution in [0.15, 0.2) is 30.3 Å². The van der Waals surface area contributed by atoms with E-state index in [1.807, 2.05) is 0 Å². The molecule has 0 spiro atoms. The Hall–Kier alpha value is -1.96. The summed E-state index contributed by atoms with van der Waals surface area (Å²) in [6.45, 7) is -1.72. The quantitative estimate of drug-likeness (QED) is 0.510. The molecule has 7 nitrogen and oxygen atoms in total. The van der Waals surface area contributed by atoms with E-state index in [9.17, 15) is 19.8 Å². The molecule has 2 atom stereocenters. The number of nitrogens with zero attached hydrogens (tertiary/aromatic N) is 1. The average Bonchev–Trinajstić information content (AvgIpc) is 2.39. The summed E-state index contributed by atoms with van der Waals surface area (Å²) < 4.78 is 0. The lowest BCUT2D eigenvalue weighted by molar-refractivity contribution is -0.144. The first-order chi connectivity index (χ1) is 9.45. The Kier molecular flexibility index (Phi) is 6.10. The topological polar surface area (TPSA) is 118 Å². The summed E-state index contributed by atoms with van der Waals surface area (Å²) in [6.07, 6.45) is -1.18. The maximum atomic E-state index is 10.8. The van der Waals surface area contributed by atoms with Gasteiger partial charge in [0, 0.05) is 0 Å². The molecule has 0 amide bonds. The molecule has 0 radical (unpaired) electrons. The number of aliphatic hydroxyl groups is 2. The van der Waals surface area contributed by atoms with Crippen molar-refractivity contribution in [1.82, 2.24) is 4.90 Å². The molecule has 0 fully saturated rings. The summed E-state index contributed by atoms with van der Waals surface area (Å²) >= 11 is 0. The van der Waals surface area contributed by atoms with Crippen molar-refractivity contribution >= 4 is 11.9 Å². The van der Waals surface area contributed by atoms with Crippen molar-refractivity contribution in [3.05, 3.63) is 35.9 Å². The Labute approximate surface area is 115 Å². The van der Waals surface area contributed by atoms with Gasteiger partial charge < -0.3 is 20.4 Å². The SMILES string of the molecule is O=C(O)CN(CC(=O)O)C(CO)C(O)c1ccccc1. The predicted octanol–water partition coefficient (Wildman–Crippen LogP) is -0.448. The molecule has 0 saturated heterocycles. The van der Waals surface area contributed by atoms with Gasteiger partial charge in [-0.2, -0.15) is 0 Å². The highest BCUT2D eigenvalue weighted by Gasteiger charge is 2.29. The molecule has 2 unspecified atom stereocenters.